The topological polar surface area (TPSA) is 95.1 Å². The molecular formula is C23H30N6O2S. The van der Waals surface area contributed by atoms with Gasteiger partial charge in [0.15, 0.2) is 0 Å². The van der Waals surface area contributed by atoms with Crippen LogP contribution in [0.2, 0.25) is 0 Å². The van der Waals surface area contributed by atoms with Crippen LogP contribution < -0.4 is 4.90 Å². The number of anilines is 1. The molecule has 1 unspecified atom stereocenters. The Bertz CT molecular complexity index is 1160. The van der Waals surface area contributed by atoms with Gasteiger partial charge >= 0.3 is 0 Å². The molecule has 1 N–H and O–H groups in total. The average molecular weight is 455 g/mol. The lowest BCUT2D eigenvalue weighted by Gasteiger charge is -2.35. The number of aromatic amines is 1. The van der Waals surface area contributed by atoms with Gasteiger partial charge in [-0.25, -0.2) is 22.7 Å². The molecular weight excluding hydrogens is 424 g/mol. The number of hydrogen-bond acceptors (Lipinski definition) is 6. The lowest BCUT2D eigenvalue weighted by atomic mass is 9.86. The lowest BCUT2D eigenvalue weighted by Crippen LogP contribution is -2.39. The van der Waals surface area contributed by atoms with Crippen molar-refractivity contribution < 1.29 is 8.42 Å². The molecule has 1 aliphatic heterocycles. The Morgan fingerprint density at radius 3 is 2.72 bits per heavy atom. The van der Waals surface area contributed by atoms with E-state index in [9.17, 15) is 8.42 Å². The number of H-pyrrole nitrogens is 1. The fourth-order valence-electron chi connectivity index (χ4n) is 5.25. The Morgan fingerprint density at radius 1 is 1.09 bits per heavy atom. The fraction of sp³-hybridized carbons (Fsp3) is 0.522. The van der Waals surface area contributed by atoms with Crippen molar-refractivity contribution in [3.05, 3.63) is 48.7 Å². The number of nitrogens with one attached hydrogen (secondary N) is 1. The highest BCUT2D eigenvalue weighted by atomic mass is 32.2. The van der Waals surface area contributed by atoms with Crippen LogP contribution in [-0.2, 0) is 10.0 Å². The molecule has 32 heavy (non-hydrogen) atoms. The van der Waals surface area contributed by atoms with Gasteiger partial charge in [-0.1, -0.05) is 6.07 Å². The molecule has 1 atom stereocenters. The molecule has 0 spiro atoms. The van der Waals surface area contributed by atoms with Gasteiger partial charge < -0.3 is 9.88 Å². The molecule has 1 saturated carbocycles. The molecule has 3 aromatic heterocycles. The van der Waals surface area contributed by atoms with Gasteiger partial charge in [0.25, 0.3) is 0 Å². The molecule has 1 aliphatic carbocycles. The maximum absolute atomic E-state index is 13.1. The van der Waals surface area contributed by atoms with Crippen LogP contribution in [0.25, 0.3) is 11.0 Å². The summed E-state index contributed by atoms with van der Waals surface area (Å²) < 4.78 is 27.9. The Labute approximate surface area is 189 Å². The van der Waals surface area contributed by atoms with Crippen LogP contribution in [0.1, 0.15) is 43.7 Å². The van der Waals surface area contributed by atoms with Gasteiger partial charge in [0.1, 0.15) is 17.8 Å². The molecule has 170 valence electrons. The van der Waals surface area contributed by atoms with Gasteiger partial charge in [-0.05, 0) is 56.2 Å². The molecule has 1 saturated heterocycles. The van der Waals surface area contributed by atoms with E-state index in [1.165, 1.54) is 0 Å². The second-order valence-electron chi connectivity index (χ2n) is 9.10. The summed E-state index contributed by atoms with van der Waals surface area (Å²) in [6, 6.07) is 8.23. The maximum Gasteiger partial charge on any atom is 0.214 e. The van der Waals surface area contributed by atoms with Crippen LogP contribution >= 0.6 is 0 Å². The van der Waals surface area contributed by atoms with Gasteiger partial charge in [0.2, 0.25) is 10.0 Å². The van der Waals surface area contributed by atoms with Gasteiger partial charge in [-0.2, -0.15) is 0 Å². The molecule has 8 nitrogen and oxygen atoms in total. The summed E-state index contributed by atoms with van der Waals surface area (Å²) in [5, 5.41) is 1.02. The number of sulfonamides is 1. The predicted octanol–water partition coefficient (Wildman–Crippen LogP) is 3.17. The number of rotatable bonds is 6. The van der Waals surface area contributed by atoms with Crippen LogP contribution in [0.3, 0.4) is 0 Å². The summed E-state index contributed by atoms with van der Waals surface area (Å²) in [6.45, 7) is 1.15. The van der Waals surface area contributed by atoms with E-state index in [0.717, 1.165) is 54.6 Å². The molecule has 4 heterocycles. The smallest absolute Gasteiger partial charge is 0.214 e. The molecule has 0 bridgehead atoms. The summed E-state index contributed by atoms with van der Waals surface area (Å²) in [4.78, 5) is 18.6. The summed E-state index contributed by atoms with van der Waals surface area (Å²) in [6.07, 6.45) is 9.91. The normalized spacial score (nSPS) is 24.7. The number of fused-ring (bicyclic) bond motifs is 1. The zero-order chi connectivity index (χ0) is 22.1. The summed E-state index contributed by atoms with van der Waals surface area (Å²) in [7, 11) is -1.16. The molecule has 3 aromatic rings. The number of nitrogens with zero attached hydrogens (tertiary/aromatic N) is 5. The van der Waals surface area contributed by atoms with Crippen molar-refractivity contribution in [1.82, 2.24) is 24.2 Å². The van der Waals surface area contributed by atoms with Crippen molar-refractivity contribution in [1.29, 1.82) is 0 Å². The summed E-state index contributed by atoms with van der Waals surface area (Å²) >= 11 is 0. The van der Waals surface area contributed by atoms with Crippen LogP contribution in [0.4, 0.5) is 5.82 Å². The third kappa shape index (κ3) is 4.23. The third-order valence-corrected chi connectivity index (χ3v) is 9.14. The van der Waals surface area contributed by atoms with Crippen molar-refractivity contribution in [3.63, 3.8) is 0 Å². The second-order valence-corrected chi connectivity index (χ2v) is 11.1. The second kappa shape index (κ2) is 8.78. The van der Waals surface area contributed by atoms with Crippen molar-refractivity contribution in [2.24, 2.45) is 5.92 Å². The van der Waals surface area contributed by atoms with Crippen LogP contribution in [0.15, 0.2) is 43.0 Å². The number of aromatic nitrogens is 4. The van der Waals surface area contributed by atoms with E-state index in [-0.39, 0.29) is 17.6 Å². The van der Waals surface area contributed by atoms with Crippen molar-refractivity contribution >= 4 is 26.9 Å². The van der Waals surface area contributed by atoms with E-state index >= 15 is 0 Å². The van der Waals surface area contributed by atoms with Gasteiger partial charge in [-0.3, -0.25) is 4.98 Å². The molecule has 2 aliphatic rings. The first-order chi connectivity index (χ1) is 15.5. The van der Waals surface area contributed by atoms with Gasteiger partial charge in [-0.15, -0.1) is 0 Å². The Balaban J connectivity index is 1.17. The van der Waals surface area contributed by atoms with Gasteiger partial charge in [0, 0.05) is 50.2 Å². The Kier molecular flexibility index (Phi) is 5.86. The zero-order valence-electron chi connectivity index (χ0n) is 18.4. The number of hydrogen-bond donors (Lipinski definition) is 1. The summed E-state index contributed by atoms with van der Waals surface area (Å²) in [5.41, 5.74) is 1.84. The summed E-state index contributed by atoms with van der Waals surface area (Å²) in [5.74, 6) is 1.61. The Morgan fingerprint density at radius 2 is 1.94 bits per heavy atom. The maximum atomic E-state index is 13.1. The quantitative estimate of drug-likeness (QED) is 0.615. The SMILES string of the molecule is CN(c1ncnc2[nH]ccc12)C1CCC(CS(=O)(=O)N2CCC(c3ccccn3)C2)CC1. The largest absolute Gasteiger partial charge is 0.356 e. The highest BCUT2D eigenvalue weighted by molar-refractivity contribution is 7.89. The van der Waals surface area contributed by atoms with Crippen LogP contribution in [0.5, 0.6) is 0 Å². The fourth-order valence-corrected chi connectivity index (χ4v) is 7.19. The lowest BCUT2D eigenvalue weighted by molar-refractivity contribution is 0.336. The standard InChI is InChI=1S/C23H30N6O2S/c1-28(23-20-9-12-25-22(20)26-16-27-23)19-7-5-17(6-8-19)15-32(30,31)29-13-10-18(14-29)21-4-2-3-11-24-21/h2-4,9,11-12,16-19H,5-8,10,13-15H2,1H3,(H,25,26,27). The van der Waals surface area contributed by atoms with E-state index in [1.54, 1.807) is 16.8 Å². The molecule has 9 heteroatoms. The molecule has 0 amide bonds. The van der Waals surface area contributed by atoms with Crippen molar-refractivity contribution in [3.8, 4) is 0 Å². The Hall–Kier alpha value is -2.52. The molecule has 0 radical (unpaired) electrons. The molecule has 0 aromatic carbocycles. The number of pyridine rings is 1. The van der Waals surface area contributed by atoms with Gasteiger partial charge in [0.05, 0.1) is 11.1 Å². The molecule has 2 fully saturated rings. The first-order valence-electron chi connectivity index (χ1n) is 11.4. The van der Waals surface area contributed by atoms with Crippen molar-refractivity contribution in [2.45, 2.75) is 44.1 Å². The highest BCUT2D eigenvalue weighted by Gasteiger charge is 2.35. The average Bonchev–Trinajstić information content (AvgIpc) is 3.50. The van der Waals surface area contributed by atoms with Crippen LogP contribution in [0, 0.1) is 5.92 Å². The first-order valence-corrected chi connectivity index (χ1v) is 13.0. The minimum atomic E-state index is -3.24. The van der Waals surface area contributed by atoms with E-state index in [2.05, 4.69) is 31.9 Å². The van der Waals surface area contributed by atoms with E-state index in [1.807, 2.05) is 30.5 Å². The monoisotopic (exact) mass is 454 g/mol. The molecule has 5 rings (SSSR count). The minimum absolute atomic E-state index is 0.202. The minimum Gasteiger partial charge on any atom is -0.356 e. The van der Waals surface area contributed by atoms with Crippen LogP contribution in [-0.4, -0.2) is 64.6 Å². The van der Waals surface area contributed by atoms with E-state index in [4.69, 9.17) is 0 Å². The van der Waals surface area contributed by atoms with E-state index in [0.29, 0.717) is 19.1 Å². The predicted molar refractivity (Wildman–Crippen MR) is 125 cm³/mol. The van der Waals surface area contributed by atoms with E-state index < -0.39 is 10.0 Å². The first kappa shape index (κ1) is 21.3. The zero-order valence-corrected chi connectivity index (χ0v) is 19.2. The highest BCUT2D eigenvalue weighted by Crippen LogP contribution is 2.34. The third-order valence-electron chi connectivity index (χ3n) is 7.13. The van der Waals surface area contributed by atoms with Crippen molar-refractivity contribution in [2.75, 3.05) is 30.8 Å².